The maximum atomic E-state index is 13.3. The molecule has 1 atom stereocenters. The van der Waals surface area contributed by atoms with Crippen molar-refractivity contribution in [3.63, 3.8) is 0 Å². The monoisotopic (exact) mass is 455 g/mol. The number of fused-ring (bicyclic) bond motifs is 3. The zero-order chi connectivity index (χ0) is 24.1. The molecule has 0 aliphatic heterocycles. The van der Waals surface area contributed by atoms with Crippen LogP contribution in [0.4, 0.5) is 0 Å². The first-order valence-corrected chi connectivity index (χ1v) is 12.1. The second-order valence-electron chi connectivity index (χ2n) is 9.17. The summed E-state index contributed by atoms with van der Waals surface area (Å²) in [6, 6.07) is 23.4. The van der Waals surface area contributed by atoms with Crippen molar-refractivity contribution >= 4 is 33.6 Å². The number of para-hydroxylation sites is 1. The van der Waals surface area contributed by atoms with Crippen LogP contribution in [-0.2, 0) is 22.7 Å². The summed E-state index contributed by atoms with van der Waals surface area (Å²) in [6.45, 7) is 7.59. The van der Waals surface area contributed by atoms with E-state index in [9.17, 15) is 9.59 Å². The van der Waals surface area contributed by atoms with E-state index in [1.807, 2.05) is 48.5 Å². The molecule has 2 N–H and O–H groups in total. The molecule has 176 valence electrons. The summed E-state index contributed by atoms with van der Waals surface area (Å²) in [5.41, 5.74) is 4.10. The van der Waals surface area contributed by atoms with E-state index in [1.165, 1.54) is 5.52 Å². The Morgan fingerprint density at radius 3 is 2.32 bits per heavy atom. The molecule has 1 unspecified atom stereocenters. The Labute approximate surface area is 201 Å². The molecule has 3 aromatic carbocycles. The van der Waals surface area contributed by atoms with Crippen molar-refractivity contribution in [1.82, 2.24) is 15.2 Å². The third-order valence-electron chi connectivity index (χ3n) is 6.27. The minimum Gasteiger partial charge on any atom is -0.350 e. The number of hydrogen-bond donors (Lipinski definition) is 2. The summed E-state index contributed by atoms with van der Waals surface area (Å²) in [5, 5.41) is 8.25. The minimum absolute atomic E-state index is 0.107. The predicted molar refractivity (Wildman–Crippen MR) is 138 cm³/mol. The molecular formula is C29H33N3O2. The van der Waals surface area contributed by atoms with Crippen molar-refractivity contribution in [2.75, 3.05) is 0 Å². The smallest absolute Gasteiger partial charge is 0.247 e. The van der Waals surface area contributed by atoms with Gasteiger partial charge < -0.3 is 15.2 Å². The molecular weight excluding hydrogens is 422 g/mol. The van der Waals surface area contributed by atoms with E-state index in [0.717, 1.165) is 40.4 Å². The van der Waals surface area contributed by atoms with Gasteiger partial charge in [-0.25, -0.2) is 0 Å². The van der Waals surface area contributed by atoms with Crippen LogP contribution in [0.3, 0.4) is 0 Å². The molecule has 2 amide bonds. The van der Waals surface area contributed by atoms with Gasteiger partial charge in [0.15, 0.2) is 0 Å². The second-order valence-corrected chi connectivity index (χ2v) is 9.17. The van der Waals surface area contributed by atoms with Crippen molar-refractivity contribution in [3.8, 4) is 0 Å². The lowest BCUT2D eigenvalue weighted by molar-refractivity contribution is -0.129. The van der Waals surface area contributed by atoms with Gasteiger partial charge in [-0.05, 0) is 48.6 Å². The summed E-state index contributed by atoms with van der Waals surface area (Å²) in [7, 11) is 0. The number of amides is 2. The zero-order valence-electron chi connectivity index (χ0n) is 20.2. The number of nitrogens with zero attached hydrogens (tertiary/aromatic N) is 1. The van der Waals surface area contributed by atoms with Crippen molar-refractivity contribution < 1.29 is 9.59 Å². The Morgan fingerprint density at radius 2 is 1.59 bits per heavy atom. The fourth-order valence-electron chi connectivity index (χ4n) is 4.43. The molecule has 5 heteroatoms. The molecule has 4 rings (SSSR count). The molecule has 34 heavy (non-hydrogen) atoms. The number of carbonyl (C=O) groups excluding carboxylic acids is 2. The summed E-state index contributed by atoms with van der Waals surface area (Å²) >= 11 is 0. The maximum absolute atomic E-state index is 13.3. The molecule has 0 bridgehead atoms. The third kappa shape index (κ3) is 5.14. The molecule has 1 heterocycles. The van der Waals surface area contributed by atoms with Gasteiger partial charge in [0.2, 0.25) is 11.8 Å². The van der Waals surface area contributed by atoms with Gasteiger partial charge in [0.1, 0.15) is 6.04 Å². The Hall–Kier alpha value is -3.60. The molecule has 0 fully saturated rings. The van der Waals surface area contributed by atoms with E-state index < -0.39 is 6.04 Å². The molecule has 0 radical (unpaired) electrons. The normalized spacial score (nSPS) is 12.2. The molecule has 0 aliphatic rings. The highest BCUT2D eigenvalue weighted by molar-refractivity contribution is 6.08. The quantitative estimate of drug-likeness (QED) is 0.339. The van der Waals surface area contributed by atoms with Crippen LogP contribution < -0.4 is 10.6 Å². The lowest BCUT2D eigenvalue weighted by Gasteiger charge is -2.20. The minimum atomic E-state index is -0.753. The van der Waals surface area contributed by atoms with Crippen LogP contribution in [0.2, 0.25) is 0 Å². The Bertz CT molecular complexity index is 1290. The van der Waals surface area contributed by atoms with Crippen molar-refractivity contribution in [3.05, 3.63) is 83.9 Å². The highest BCUT2D eigenvalue weighted by Gasteiger charge is 2.24. The van der Waals surface area contributed by atoms with Crippen molar-refractivity contribution in [2.24, 2.45) is 5.92 Å². The number of benzene rings is 3. The van der Waals surface area contributed by atoms with Gasteiger partial charge >= 0.3 is 0 Å². The summed E-state index contributed by atoms with van der Waals surface area (Å²) in [5.74, 6) is 0.109. The van der Waals surface area contributed by atoms with E-state index in [-0.39, 0.29) is 11.8 Å². The van der Waals surface area contributed by atoms with Crippen molar-refractivity contribution in [1.29, 1.82) is 0 Å². The number of nitrogens with one attached hydrogen (secondary N) is 2. The van der Waals surface area contributed by atoms with Crippen LogP contribution in [0.1, 0.15) is 50.8 Å². The van der Waals surface area contributed by atoms with Gasteiger partial charge in [0.05, 0.1) is 0 Å². The Kier molecular flexibility index (Phi) is 7.31. The zero-order valence-corrected chi connectivity index (χ0v) is 20.2. The van der Waals surface area contributed by atoms with E-state index in [1.54, 1.807) is 0 Å². The number of aryl methyl sites for hydroxylation is 1. The van der Waals surface area contributed by atoms with Crippen molar-refractivity contribution in [2.45, 2.75) is 52.7 Å². The van der Waals surface area contributed by atoms with Gasteiger partial charge in [-0.2, -0.15) is 0 Å². The molecule has 0 spiro atoms. The molecule has 0 saturated heterocycles. The van der Waals surface area contributed by atoms with Crippen LogP contribution in [-0.4, -0.2) is 16.4 Å². The summed E-state index contributed by atoms with van der Waals surface area (Å²) in [4.78, 5) is 26.1. The lowest BCUT2D eigenvalue weighted by atomic mass is 10.0. The number of rotatable bonds is 9. The fraction of sp³-hybridized carbons (Fsp3) is 0.310. The third-order valence-corrected chi connectivity index (χ3v) is 6.27. The number of carbonyl (C=O) groups is 2. The molecule has 4 aromatic rings. The van der Waals surface area contributed by atoms with E-state index in [4.69, 9.17) is 0 Å². The SMILES string of the molecule is CCn1c2ccccc2c2cc(C(NC(=O)CCC(C)C)C(=O)NCc3ccccc3)ccc21. The fourth-order valence-corrected chi connectivity index (χ4v) is 4.43. The summed E-state index contributed by atoms with van der Waals surface area (Å²) in [6.07, 6.45) is 1.19. The van der Waals surface area contributed by atoms with E-state index in [2.05, 4.69) is 60.2 Å². The van der Waals surface area contributed by atoms with E-state index in [0.29, 0.717) is 18.9 Å². The number of aromatic nitrogens is 1. The van der Waals surface area contributed by atoms with Gasteiger partial charge in [-0.1, -0.05) is 68.4 Å². The first-order chi connectivity index (χ1) is 16.5. The van der Waals surface area contributed by atoms with Gasteiger partial charge in [-0.3, -0.25) is 9.59 Å². The van der Waals surface area contributed by atoms with Crippen LogP contribution in [0.15, 0.2) is 72.8 Å². The summed E-state index contributed by atoms with van der Waals surface area (Å²) < 4.78 is 2.28. The maximum Gasteiger partial charge on any atom is 0.247 e. The topological polar surface area (TPSA) is 63.1 Å². The van der Waals surface area contributed by atoms with Gasteiger partial charge in [0.25, 0.3) is 0 Å². The second kappa shape index (κ2) is 10.6. The lowest BCUT2D eigenvalue weighted by Crippen LogP contribution is -2.40. The Balaban J connectivity index is 1.67. The highest BCUT2D eigenvalue weighted by atomic mass is 16.2. The largest absolute Gasteiger partial charge is 0.350 e. The molecule has 5 nitrogen and oxygen atoms in total. The standard InChI is InChI=1S/C29H33N3O2/c1-4-32-25-13-9-8-12-23(25)24-18-22(15-16-26(24)32)28(31-27(33)17-14-20(2)3)29(34)30-19-21-10-6-5-7-11-21/h5-13,15-16,18,20,28H,4,14,17,19H2,1-3H3,(H,30,34)(H,31,33). The average molecular weight is 456 g/mol. The van der Waals surface area contributed by atoms with Crippen LogP contribution >= 0.6 is 0 Å². The highest BCUT2D eigenvalue weighted by Crippen LogP contribution is 2.31. The van der Waals surface area contributed by atoms with Crippen LogP contribution in [0.25, 0.3) is 21.8 Å². The molecule has 1 aromatic heterocycles. The molecule has 0 saturated carbocycles. The first kappa shape index (κ1) is 23.6. The average Bonchev–Trinajstić information content (AvgIpc) is 3.18. The van der Waals surface area contributed by atoms with E-state index >= 15 is 0 Å². The van der Waals surface area contributed by atoms with Crippen LogP contribution in [0, 0.1) is 5.92 Å². The Morgan fingerprint density at radius 1 is 0.882 bits per heavy atom. The predicted octanol–water partition coefficient (Wildman–Crippen LogP) is 5.72. The van der Waals surface area contributed by atoms with Gasteiger partial charge in [0, 0.05) is 41.3 Å². The number of hydrogen-bond acceptors (Lipinski definition) is 2. The molecule has 0 aliphatic carbocycles. The first-order valence-electron chi connectivity index (χ1n) is 12.1. The van der Waals surface area contributed by atoms with Crippen LogP contribution in [0.5, 0.6) is 0 Å². The van der Waals surface area contributed by atoms with Gasteiger partial charge in [-0.15, -0.1) is 0 Å².